The van der Waals surface area contributed by atoms with Gasteiger partial charge in [-0.2, -0.15) is 0 Å². The molecule has 1 heterocycles. The number of nitrogen functional groups attached to an aromatic ring is 1. The van der Waals surface area contributed by atoms with Gasteiger partial charge in [0.1, 0.15) is 0 Å². The zero-order valence-corrected chi connectivity index (χ0v) is 4.81. The Kier molecular flexibility index (Phi) is 2.98. The normalized spacial score (nSPS) is 7.62. The molecule has 0 saturated carbocycles. The van der Waals surface area contributed by atoms with Crippen molar-refractivity contribution in [2.45, 2.75) is 0 Å². The molecule has 0 aromatic carbocycles. The molecule has 1 aromatic rings. The zero-order chi connectivity index (χ0) is 5.11. The highest BCUT2D eigenvalue weighted by molar-refractivity contribution is 5.85. The monoisotopic (exact) mass is 135 g/mol. The van der Waals surface area contributed by atoms with Gasteiger partial charge in [-0.05, 0) is 0 Å². The largest absolute Gasteiger partial charge is 0.427 e. The van der Waals surface area contributed by atoms with Gasteiger partial charge in [-0.25, -0.2) is 10.8 Å². The van der Waals surface area contributed by atoms with Crippen molar-refractivity contribution in [3.05, 3.63) is 12.6 Å². The van der Waals surface area contributed by atoms with Gasteiger partial charge < -0.3 is 4.42 Å². The maximum Gasteiger partial charge on any atom is 0.227 e. The summed E-state index contributed by atoms with van der Waals surface area (Å²) in [5.74, 6) is 5.38. The number of aromatic nitrogens is 1. The van der Waals surface area contributed by atoms with Crippen LogP contribution in [0, 0.1) is 0 Å². The van der Waals surface area contributed by atoms with E-state index in [4.69, 9.17) is 5.84 Å². The van der Waals surface area contributed by atoms with Crippen LogP contribution in [0.15, 0.2) is 17.0 Å². The van der Waals surface area contributed by atoms with Gasteiger partial charge in [-0.1, -0.05) is 0 Å². The maximum atomic E-state index is 4.91. The minimum absolute atomic E-state index is 0. The summed E-state index contributed by atoms with van der Waals surface area (Å²) in [5.41, 5.74) is 2.28. The Morgan fingerprint density at radius 1 is 1.75 bits per heavy atom. The second-order valence-corrected chi connectivity index (χ2v) is 1.01. The molecule has 0 radical (unpaired) electrons. The minimum Gasteiger partial charge on any atom is -0.427 e. The lowest BCUT2D eigenvalue weighted by atomic mass is 10.8. The van der Waals surface area contributed by atoms with Crippen LogP contribution in [0.2, 0.25) is 0 Å². The summed E-state index contributed by atoms with van der Waals surface area (Å²) in [6.45, 7) is 0. The molecule has 0 atom stereocenters. The Balaban J connectivity index is 0.000000490. The molecule has 4 nitrogen and oxygen atoms in total. The van der Waals surface area contributed by atoms with Crippen molar-refractivity contribution in [3.63, 3.8) is 0 Å². The van der Waals surface area contributed by atoms with Gasteiger partial charge in [0.25, 0.3) is 0 Å². The Hall–Kier alpha value is -0.740. The first-order valence-electron chi connectivity index (χ1n) is 1.78. The molecule has 5 heteroatoms. The van der Waals surface area contributed by atoms with Gasteiger partial charge in [0.15, 0.2) is 6.39 Å². The molecule has 0 bridgehead atoms. The molecule has 0 aliphatic rings. The summed E-state index contributed by atoms with van der Waals surface area (Å²) in [5, 5.41) is 0. The number of hydrogen-bond acceptors (Lipinski definition) is 4. The zero-order valence-electron chi connectivity index (χ0n) is 4.00. The molecule has 0 spiro atoms. The number of nitrogens with zero attached hydrogens (tertiary/aromatic N) is 1. The van der Waals surface area contributed by atoms with E-state index in [0.717, 1.165) is 0 Å². The van der Waals surface area contributed by atoms with Crippen LogP contribution in [0.1, 0.15) is 0 Å². The molecule has 1 rings (SSSR count). The summed E-state index contributed by atoms with van der Waals surface area (Å²) in [7, 11) is 0. The van der Waals surface area contributed by atoms with Crippen molar-refractivity contribution in [1.82, 2.24) is 4.98 Å². The summed E-state index contributed by atoms with van der Waals surface area (Å²) < 4.78 is 4.64. The first kappa shape index (κ1) is 7.26. The molecule has 46 valence electrons. The smallest absolute Gasteiger partial charge is 0.227 e. The second-order valence-electron chi connectivity index (χ2n) is 1.01. The van der Waals surface area contributed by atoms with E-state index in [0.29, 0.717) is 5.88 Å². The number of oxazole rings is 1. The Morgan fingerprint density at radius 3 is 2.75 bits per heavy atom. The molecule has 0 unspecified atom stereocenters. The molecular formula is C3H6ClN3O. The van der Waals surface area contributed by atoms with Gasteiger partial charge in [0, 0.05) is 0 Å². The first-order valence-corrected chi connectivity index (χ1v) is 1.78. The molecule has 0 saturated heterocycles. The number of hydrazine groups is 1. The van der Waals surface area contributed by atoms with Crippen LogP contribution >= 0.6 is 12.4 Å². The van der Waals surface area contributed by atoms with Crippen molar-refractivity contribution < 1.29 is 4.42 Å². The molecule has 0 amide bonds. The standard InChI is InChI=1S/C3H5N3O.ClH/c4-6-3-1-5-2-7-3;/h1-2,6H,4H2;1H. The van der Waals surface area contributed by atoms with E-state index in [1.54, 1.807) is 0 Å². The van der Waals surface area contributed by atoms with Crippen LogP contribution < -0.4 is 11.3 Å². The Morgan fingerprint density at radius 2 is 2.50 bits per heavy atom. The molecule has 0 aliphatic carbocycles. The highest BCUT2D eigenvalue weighted by atomic mass is 35.5. The second kappa shape index (κ2) is 3.29. The van der Waals surface area contributed by atoms with Crippen molar-refractivity contribution >= 4 is 18.3 Å². The Bertz CT molecular complexity index is 129. The fourth-order valence-electron chi connectivity index (χ4n) is 0.287. The van der Waals surface area contributed by atoms with Crippen molar-refractivity contribution in [3.8, 4) is 0 Å². The number of hydrogen-bond donors (Lipinski definition) is 2. The van der Waals surface area contributed by atoms with Gasteiger partial charge in [0.2, 0.25) is 5.88 Å². The van der Waals surface area contributed by atoms with Crippen LogP contribution in [0.3, 0.4) is 0 Å². The number of nitrogens with two attached hydrogens (primary N) is 1. The lowest BCUT2D eigenvalue weighted by Crippen LogP contribution is -2.04. The van der Waals surface area contributed by atoms with Crippen LogP contribution in [-0.4, -0.2) is 4.98 Å². The third-order valence-corrected chi connectivity index (χ3v) is 0.575. The third kappa shape index (κ3) is 1.40. The molecule has 0 fully saturated rings. The quantitative estimate of drug-likeness (QED) is 0.432. The predicted molar refractivity (Wildman–Crippen MR) is 31.6 cm³/mol. The average Bonchev–Trinajstić information content (AvgIpc) is 2.14. The van der Waals surface area contributed by atoms with Crippen LogP contribution in [0.25, 0.3) is 0 Å². The third-order valence-electron chi connectivity index (χ3n) is 0.575. The van der Waals surface area contributed by atoms with Gasteiger partial charge in [0.05, 0.1) is 6.20 Å². The molecule has 0 aliphatic heterocycles. The van der Waals surface area contributed by atoms with E-state index in [-0.39, 0.29) is 12.4 Å². The van der Waals surface area contributed by atoms with E-state index in [9.17, 15) is 0 Å². The van der Waals surface area contributed by atoms with Gasteiger partial charge in [-0.15, -0.1) is 12.4 Å². The number of halogens is 1. The minimum atomic E-state index is 0. The maximum absolute atomic E-state index is 4.91. The van der Waals surface area contributed by atoms with Crippen molar-refractivity contribution in [2.75, 3.05) is 5.43 Å². The SMILES string of the molecule is Cl.NNc1cnco1. The topological polar surface area (TPSA) is 64.1 Å². The number of nitrogens with one attached hydrogen (secondary N) is 1. The van der Waals surface area contributed by atoms with Crippen molar-refractivity contribution in [1.29, 1.82) is 0 Å². The molecular weight excluding hydrogens is 130 g/mol. The van der Waals surface area contributed by atoms with E-state index >= 15 is 0 Å². The number of rotatable bonds is 1. The molecule has 8 heavy (non-hydrogen) atoms. The first-order chi connectivity index (χ1) is 3.43. The van der Waals surface area contributed by atoms with E-state index in [1.165, 1.54) is 12.6 Å². The molecule has 3 N–H and O–H groups in total. The van der Waals surface area contributed by atoms with Crippen LogP contribution in [-0.2, 0) is 0 Å². The Labute approximate surface area is 52.5 Å². The summed E-state index contributed by atoms with van der Waals surface area (Å²) in [4.78, 5) is 3.58. The predicted octanol–water partition coefficient (Wildman–Crippen LogP) is 0.382. The lowest BCUT2D eigenvalue weighted by Gasteiger charge is -1.84. The van der Waals surface area contributed by atoms with Gasteiger partial charge in [-0.3, -0.25) is 5.43 Å². The fourth-order valence-corrected chi connectivity index (χ4v) is 0.287. The van der Waals surface area contributed by atoms with Gasteiger partial charge >= 0.3 is 0 Å². The van der Waals surface area contributed by atoms with E-state index in [2.05, 4.69) is 14.8 Å². The molecule has 1 aromatic heterocycles. The van der Waals surface area contributed by atoms with E-state index < -0.39 is 0 Å². The summed E-state index contributed by atoms with van der Waals surface area (Å²) in [6.07, 6.45) is 2.79. The lowest BCUT2D eigenvalue weighted by molar-refractivity contribution is 0.570. The summed E-state index contributed by atoms with van der Waals surface area (Å²) >= 11 is 0. The van der Waals surface area contributed by atoms with Crippen LogP contribution in [0.5, 0.6) is 0 Å². The average molecular weight is 136 g/mol. The number of anilines is 1. The van der Waals surface area contributed by atoms with E-state index in [1.807, 2.05) is 0 Å². The highest BCUT2D eigenvalue weighted by Gasteiger charge is 1.84. The van der Waals surface area contributed by atoms with Crippen molar-refractivity contribution in [2.24, 2.45) is 5.84 Å². The highest BCUT2D eigenvalue weighted by Crippen LogP contribution is 1.98. The fraction of sp³-hybridized carbons (Fsp3) is 0. The van der Waals surface area contributed by atoms with Crippen LogP contribution in [0.4, 0.5) is 5.88 Å². The summed E-state index contributed by atoms with van der Waals surface area (Å²) in [6, 6.07) is 0.